The molecule has 0 amide bonds. The van der Waals surface area contributed by atoms with Crippen LogP contribution in [-0.4, -0.2) is 22.6 Å². The van der Waals surface area contributed by atoms with Gasteiger partial charge in [-0.2, -0.15) is 0 Å². The van der Waals surface area contributed by atoms with E-state index in [1.165, 1.54) is 7.11 Å². The molecule has 0 saturated heterocycles. The van der Waals surface area contributed by atoms with E-state index < -0.39 is 0 Å². The van der Waals surface area contributed by atoms with Crippen molar-refractivity contribution in [2.45, 2.75) is 0 Å². The van der Waals surface area contributed by atoms with Crippen LogP contribution < -0.4 is 0 Å². The normalized spacial score (nSPS) is 10.3. The van der Waals surface area contributed by atoms with Gasteiger partial charge in [0.25, 0.3) is 0 Å². The van der Waals surface area contributed by atoms with Crippen molar-refractivity contribution in [3.63, 3.8) is 0 Å². The second-order valence-corrected chi connectivity index (χ2v) is 4.75. The maximum absolute atomic E-state index is 11.3. The topological polar surface area (TPSA) is 44.1 Å². The van der Waals surface area contributed by atoms with Crippen molar-refractivity contribution in [1.29, 1.82) is 0 Å². The van der Waals surface area contributed by atoms with Crippen LogP contribution in [0.15, 0.2) is 39.8 Å². The zero-order valence-electron chi connectivity index (χ0n) is 8.85. The Bertz CT molecular complexity index is 530. The van der Waals surface area contributed by atoms with Gasteiger partial charge in [0, 0.05) is 5.69 Å². The third kappa shape index (κ3) is 2.42. The first-order valence-corrected chi connectivity index (χ1v) is 6.29. The summed E-state index contributed by atoms with van der Waals surface area (Å²) in [5.41, 5.74) is 1.41. The van der Waals surface area contributed by atoms with Crippen LogP contribution in [0.4, 0.5) is 0 Å². The lowest BCUT2D eigenvalue weighted by molar-refractivity contribution is 0.0601. The van der Waals surface area contributed by atoms with Gasteiger partial charge in [-0.1, -0.05) is 0 Å². The molecule has 0 unspecified atom stereocenters. The standard InChI is InChI=1S/C11H8Br2N2O2/c1-17-10(16)7-2-4-8(5-3-7)15-9(12)6-14-11(15)13/h2-6H,1H3. The van der Waals surface area contributed by atoms with Crippen LogP contribution in [0.25, 0.3) is 5.69 Å². The van der Waals surface area contributed by atoms with E-state index in [1.807, 2.05) is 16.7 Å². The Morgan fingerprint density at radius 2 is 1.94 bits per heavy atom. The van der Waals surface area contributed by atoms with E-state index >= 15 is 0 Å². The molecule has 0 saturated carbocycles. The number of rotatable bonds is 2. The fourth-order valence-electron chi connectivity index (χ4n) is 1.40. The monoisotopic (exact) mass is 358 g/mol. The molecule has 6 heteroatoms. The van der Waals surface area contributed by atoms with Crippen LogP contribution in [-0.2, 0) is 4.74 Å². The van der Waals surface area contributed by atoms with Crippen molar-refractivity contribution in [3.8, 4) is 5.69 Å². The lowest BCUT2D eigenvalue weighted by Crippen LogP contribution is -2.02. The molecule has 0 atom stereocenters. The lowest BCUT2D eigenvalue weighted by Gasteiger charge is -2.06. The zero-order valence-corrected chi connectivity index (χ0v) is 12.0. The van der Waals surface area contributed by atoms with Crippen molar-refractivity contribution in [2.75, 3.05) is 7.11 Å². The summed E-state index contributed by atoms with van der Waals surface area (Å²) in [7, 11) is 1.36. The average Bonchev–Trinajstić information content (AvgIpc) is 2.68. The number of benzene rings is 1. The highest BCUT2D eigenvalue weighted by Crippen LogP contribution is 2.23. The Hall–Kier alpha value is -1.14. The molecule has 0 N–H and O–H groups in total. The first-order chi connectivity index (χ1) is 8.13. The van der Waals surface area contributed by atoms with Gasteiger partial charge in [-0.3, -0.25) is 4.57 Å². The van der Waals surface area contributed by atoms with E-state index in [-0.39, 0.29) is 5.97 Å². The second kappa shape index (κ2) is 5.01. The van der Waals surface area contributed by atoms with Crippen LogP contribution in [0.1, 0.15) is 10.4 Å². The summed E-state index contributed by atoms with van der Waals surface area (Å²) in [5, 5.41) is 0. The number of esters is 1. The fourth-order valence-corrected chi connectivity index (χ4v) is 2.62. The van der Waals surface area contributed by atoms with E-state index in [0.717, 1.165) is 10.3 Å². The van der Waals surface area contributed by atoms with E-state index in [9.17, 15) is 4.79 Å². The predicted octanol–water partition coefficient (Wildman–Crippen LogP) is 3.18. The Balaban J connectivity index is 2.39. The predicted molar refractivity (Wildman–Crippen MR) is 70.3 cm³/mol. The molecule has 0 fully saturated rings. The number of carbonyl (C=O) groups is 1. The van der Waals surface area contributed by atoms with Crippen LogP contribution in [0.5, 0.6) is 0 Å². The second-order valence-electron chi connectivity index (χ2n) is 3.22. The molecule has 0 aliphatic heterocycles. The van der Waals surface area contributed by atoms with Crippen LogP contribution in [0.3, 0.4) is 0 Å². The Labute approximate surface area is 115 Å². The number of hydrogen-bond donors (Lipinski definition) is 0. The molecule has 17 heavy (non-hydrogen) atoms. The van der Waals surface area contributed by atoms with Gasteiger partial charge in [0.05, 0.1) is 18.9 Å². The fraction of sp³-hybridized carbons (Fsp3) is 0.0909. The number of nitrogens with zero attached hydrogens (tertiary/aromatic N) is 2. The summed E-state index contributed by atoms with van der Waals surface area (Å²) in [5.74, 6) is -0.347. The van der Waals surface area contributed by atoms with Crippen molar-refractivity contribution in [2.24, 2.45) is 0 Å². The number of hydrogen-bond acceptors (Lipinski definition) is 3. The minimum atomic E-state index is -0.347. The van der Waals surface area contributed by atoms with Crippen LogP contribution in [0.2, 0.25) is 0 Å². The van der Waals surface area contributed by atoms with Gasteiger partial charge in [0.1, 0.15) is 4.60 Å². The smallest absolute Gasteiger partial charge is 0.337 e. The SMILES string of the molecule is COC(=O)c1ccc(-n2c(Br)cnc2Br)cc1. The quantitative estimate of drug-likeness (QED) is 0.773. The van der Waals surface area contributed by atoms with Gasteiger partial charge >= 0.3 is 5.97 Å². The molecule has 4 nitrogen and oxygen atoms in total. The summed E-state index contributed by atoms with van der Waals surface area (Å²) in [6, 6.07) is 7.06. The molecule has 0 radical (unpaired) electrons. The van der Waals surface area contributed by atoms with E-state index in [0.29, 0.717) is 10.3 Å². The molecular weight excluding hydrogens is 352 g/mol. The zero-order chi connectivity index (χ0) is 12.4. The highest BCUT2D eigenvalue weighted by Gasteiger charge is 2.09. The molecule has 1 heterocycles. The van der Waals surface area contributed by atoms with Crippen molar-refractivity contribution in [3.05, 3.63) is 45.4 Å². The summed E-state index contributed by atoms with van der Waals surface area (Å²) in [6.45, 7) is 0. The summed E-state index contributed by atoms with van der Waals surface area (Å²) in [4.78, 5) is 15.4. The van der Waals surface area contributed by atoms with Crippen molar-refractivity contribution >= 4 is 37.8 Å². The molecule has 2 rings (SSSR count). The van der Waals surface area contributed by atoms with Crippen molar-refractivity contribution in [1.82, 2.24) is 9.55 Å². The molecule has 0 aliphatic rings. The molecule has 0 spiro atoms. The maximum Gasteiger partial charge on any atom is 0.337 e. The Morgan fingerprint density at radius 3 is 2.41 bits per heavy atom. The number of methoxy groups -OCH3 is 1. The van der Waals surface area contributed by atoms with Gasteiger partial charge in [0.15, 0.2) is 4.73 Å². The maximum atomic E-state index is 11.3. The third-order valence-corrected chi connectivity index (χ3v) is 3.34. The van der Waals surface area contributed by atoms with Gasteiger partial charge in [-0.15, -0.1) is 0 Å². The highest BCUT2D eigenvalue weighted by molar-refractivity contribution is 9.11. The summed E-state index contributed by atoms with van der Waals surface area (Å²) < 4.78 is 8.02. The lowest BCUT2D eigenvalue weighted by atomic mass is 10.2. The first-order valence-electron chi connectivity index (χ1n) is 4.71. The largest absolute Gasteiger partial charge is 0.465 e. The average molecular weight is 360 g/mol. The summed E-state index contributed by atoms with van der Waals surface area (Å²) >= 11 is 6.74. The molecule has 0 bridgehead atoms. The molecule has 1 aromatic heterocycles. The number of halogens is 2. The van der Waals surface area contributed by atoms with Gasteiger partial charge in [-0.25, -0.2) is 9.78 Å². The van der Waals surface area contributed by atoms with Gasteiger partial charge in [-0.05, 0) is 56.1 Å². The molecule has 0 aliphatic carbocycles. The molecule has 1 aromatic carbocycles. The van der Waals surface area contributed by atoms with Gasteiger partial charge in [0.2, 0.25) is 0 Å². The number of ether oxygens (including phenoxy) is 1. The Morgan fingerprint density at radius 1 is 1.29 bits per heavy atom. The number of aromatic nitrogens is 2. The molecule has 88 valence electrons. The Kier molecular flexibility index (Phi) is 3.63. The van der Waals surface area contributed by atoms with E-state index in [1.54, 1.807) is 18.3 Å². The van der Waals surface area contributed by atoms with E-state index in [2.05, 4.69) is 41.6 Å². The molecule has 2 aromatic rings. The summed E-state index contributed by atoms with van der Waals surface area (Å²) in [6.07, 6.45) is 1.69. The highest BCUT2D eigenvalue weighted by atomic mass is 79.9. The van der Waals surface area contributed by atoms with E-state index in [4.69, 9.17) is 0 Å². The van der Waals surface area contributed by atoms with Crippen LogP contribution >= 0.6 is 31.9 Å². The minimum absolute atomic E-state index is 0.347. The molecular formula is C11H8Br2N2O2. The third-order valence-electron chi connectivity index (χ3n) is 2.22. The van der Waals surface area contributed by atoms with Crippen molar-refractivity contribution < 1.29 is 9.53 Å². The number of carbonyl (C=O) groups excluding carboxylic acids is 1. The first kappa shape index (κ1) is 12.3. The number of imidazole rings is 1. The minimum Gasteiger partial charge on any atom is -0.465 e. The van der Waals surface area contributed by atoms with Crippen LogP contribution in [0, 0.1) is 0 Å². The van der Waals surface area contributed by atoms with Gasteiger partial charge < -0.3 is 4.74 Å².